The Hall–Kier alpha value is -6.21. The van der Waals surface area contributed by atoms with Crippen molar-refractivity contribution >= 4 is 35.0 Å². The average molecular weight is 833 g/mol. The molecule has 61 heavy (non-hydrogen) atoms. The topological polar surface area (TPSA) is 159 Å². The van der Waals surface area contributed by atoms with Gasteiger partial charge < -0.3 is 38.8 Å². The number of fused-ring (bicyclic) bond motifs is 1. The molecule has 3 heterocycles. The second kappa shape index (κ2) is 19.9. The first-order valence-electron chi connectivity index (χ1n) is 20.8. The summed E-state index contributed by atoms with van der Waals surface area (Å²) in [7, 11) is 2.94. The molecule has 3 aromatic carbocycles. The van der Waals surface area contributed by atoms with E-state index in [1.54, 1.807) is 13.3 Å². The number of aryl methyl sites for hydroxylation is 1. The highest BCUT2D eigenvalue weighted by Gasteiger charge is 2.32. The molecule has 5 aromatic rings. The number of ether oxygens (including phenoxy) is 4. The highest BCUT2D eigenvalue weighted by atomic mass is 16.6. The highest BCUT2D eigenvalue weighted by molar-refractivity contribution is 5.95. The molecule has 13 nitrogen and oxygen atoms in total. The Morgan fingerprint density at radius 3 is 2.43 bits per heavy atom. The van der Waals surface area contributed by atoms with Crippen LogP contribution < -0.4 is 5.32 Å². The summed E-state index contributed by atoms with van der Waals surface area (Å²) < 4.78 is 24.7. The summed E-state index contributed by atoms with van der Waals surface area (Å²) in [5, 5.41) is 13.2. The minimum atomic E-state index is -0.985. The number of hydrogen-bond acceptors (Lipinski definition) is 9. The summed E-state index contributed by atoms with van der Waals surface area (Å²) >= 11 is 0. The summed E-state index contributed by atoms with van der Waals surface area (Å²) in [4.78, 5) is 57.0. The van der Waals surface area contributed by atoms with Crippen LogP contribution >= 0.6 is 0 Å². The maximum atomic E-state index is 13.5. The molecule has 0 saturated carbocycles. The molecule has 1 saturated heterocycles. The maximum absolute atomic E-state index is 13.5. The van der Waals surface area contributed by atoms with Crippen LogP contribution in [0.25, 0.3) is 33.3 Å². The van der Waals surface area contributed by atoms with Crippen molar-refractivity contribution in [2.24, 2.45) is 5.92 Å². The number of likely N-dealkylation sites (tertiary alicyclic amines) is 1. The van der Waals surface area contributed by atoms with Gasteiger partial charge in [-0.15, -0.1) is 0 Å². The van der Waals surface area contributed by atoms with E-state index in [9.17, 15) is 24.3 Å². The number of pyridine rings is 1. The van der Waals surface area contributed by atoms with Gasteiger partial charge in [0.25, 0.3) is 0 Å². The summed E-state index contributed by atoms with van der Waals surface area (Å²) in [6.45, 7) is 9.37. The lowest BCUT2D eigenvalue weighted by Crippen LogP contribution is -2.43. The van der Waals surface area contributed by atoms with Gasteiger partial charge in [0.15, 0.2) is 0 Å². The van der Waals surface area contributed by atoms with E-state index in [-0.39, 0.29) is 37.4 Å². The number of rotatable bonds is 16. The van der Waals surface area contributed by atoms with E-state index in [0.29, 0.717) is 32.5 Å². The van der Waals surface area contributed by atoms with Crippen LogP contribution in [0.3, 0.4) is 0 Å². The van der Waals surface area contributed by atoms with Gasteiger partial charge in [0, 0.05) is 62.2 Å². The fourth-order valence-corrected chi connectivity index (χ4v) is 8.28. The van der Waals surface area contributed by atoms with E-state index >= 15 is 0 Å². The normalized spacial score (nSPS) is 15.2. The monoisotopic (exact) mass is 832 g/mol. The zero-order valence-electron chi connectivity index (χ0n) is 35.8. The predicted molar refractivity (Wildman–Crippen MR) is 232 cm³/mol. The smallest absolute Gasteiger partial charge is 0.408 e. The van der Waals surface area contributed by atoms with E-state index < -0.39 is 29.8 Å². The van der Waals surface area contributed by atoms with Gasteiger partial charge in [-0.2, -0.15) is 0 Å². The standard InChI is InChI=1S/C48H56N4O9/c1-7-52-41-21-20-36(35-18-11-16-33(24-35)25-40(45(54)59-6)50-46(55)60-30-32-14-9-8-10-15-32)27-38(41)39(44(52)37-19-12-22-49-43(37)31(2)58-5)28-48(3,4)61-42(53)26-34-17-13-23-51(29-34)47(56)57/h8-12,14-16,18-22,24,27,31,34,40H,7,13,17,23,25-26,28-30H2,1-6H3,(H,50,55)(H,56,57)/t31-,34?,40?/m0/s1. The van der Waals surface area contributed by atoms with Gasteiger partial charge in [-0.25, -0.2) is 14.4 Å². The lowest BCUT2D eigenvalue weighted by Gasteiger charge is -2.31. The molecule has 2 aromatic heterocycles. The van der Waals surface area contributed by atoms with Crippen LogP contribution in [0.4, 0.5) is 9.59 Å². The Bertz CT molecular complexity index is 2340. The predicted octanol–water partition coefficient (Wildman–Crippen LogP) is 8.75. The van der Waals surface area contributed by atoms with E-state index in [4.69, 9.17) is 23.9 Å². The van der Waals surface area contributed by atoms with Crippen molar-refractivity contribution in [3.63, 3.8) is 0 Å². The molecule has 322 valence electrons. The molecule has 13 heteroatoms. The van der Waals surface area contributed by atoms with Crippen LogP contribution in [-0.2, 0) is 54.5 Å². The lowest BCUT2D eigenvalue weighted by atomic mass is 9.91. The van der Waals surface area contributed by atoms with Crippen molar-refractivity contribution in [1.29, 1.82) is 0 Å². The second-order valence-electron chi connectivity index (χ2n) is 16.2. The molecular formula is C48H56N4O9. The number of aromatic nitrogens is 2. The molecule has 2 N–H and O–H groups in total. The maximum Gasteiger partial charge on any atom is 0.408 e. The van der Waals surface area contributed by atoms with Gasteiger partial charge in [-0.1, -0.05) is 60.7 Å². The molecule has 0 spiro atoms. The van der Waals surface area contributed by atoms with E-state index in [0.717, 1.165) is 62.1 Å². The van der Waals surface area contributed by atoms with Crippen molar-refractivity contribution in [1.82, 2.24) is 19.8 Å². The summed E-state index contributed by atoms with van der Waals surface area (Å²) in [6.07, 6.45) is 1.90. The summed E-state index contributed by atoms with van der Waals surface area (Å²) in [5.41, 5.74) is 7.12. The van der Waals surface area contributed by atoms with E-state index in [1.807, 2.05) is 87.5 Å². The summed E-state index contributed by atoms with van der Waals surface area (Å²) in [6, 6.07) is 26.4. The third kappa shape index (κ3) is 10.9. The first kappa shape index (κ1) is 44.3. The number of carboxylic acid groups (broad SMARTS) is 1. The number of esters is 2. The van der Waals surface area contributed by atoms with Crippen molar-refractivity contribution in [3.8, 4) is 22.4 Å². The van der Waals surface area contributed by atoms with Gasteiger partial charge in [-0.05, 0) is 98.5 Å². The number of methoxy groups -OCH3 is 2. The highest BCUT2D eigenvalue weighted by Crippen LogP contribution is 2.41. The molecule has 1 fully saturated rings. The number of piperidine rings is 1. The van der Waals surface area contributed by atoms with E-state index in [2.05, 4.69) is 35.0 Å². The van der Waals surface area contributed by atoms with E-state index in [1.165, 1.54) is 12.0 Å². The molecular weight excluding hydrogens is 777 g/mol. The number of benzene rings is 3. The molecule has 3 atom stereocenters. The third-order valence-electron chi connectivity index (χ3n) is 11.2. The Labute approximate surface area is 357 Å². The van der Waals surface area contributed by atoms with Crippen LogP contribution in [0.1, 0.15) is 75.4 Å². The molecule has 6 rings (SSSR count). The van der Waals surface area contributed by atoms with Crippen LogP contribution in [0.2, 0.25) is 0 Å². The third-order valence-corrected chi connectivity index (χ3v) is 11.2. The van der Waals surface area contributed by atoms with Crippen molar-refractivity contribution in [3.05, 3.63) is 114 Å². The van der Waals surface area contributed by atoms with Crippen molar-refractivity contribution in [2.75, 3.05) is 27.3 Å². The molecule has 2 unspecified atom stereocenters. The zero-order chi connectivity index (χ0) is 43.7. The number of nitrogens with one attached hydrogen (secondary N) is 1. The Morgan fingerprint density at radius 2 is 1.70 bits per heavy atom. The number of amides is 2. The molecule has 1 aliphatic heterocycles. The minimum Gasteiger partial charge on any atom is -0.467 e. The Morgan fingerprint density at radius 1 is 0.951 bits per heavy atom. The lowest BCUT2D eigenvalue weighted by molar-refractivity contribution is -0.157. The number of carbonyl (C=O) groups excluding carboxylic acids is 3. The van der Waals surface area contributed by atoms with Gasteiger partial charge in [0.1, 0.15) is 18.2 Å². The number of nitrogens with zero attached hydrogens (tertiary/aromatic N) is 3. The fourth-order valence-electron chi connectivity index (χ4n) is 8.28. The summed E-state index contributed by atoms with van der Waals surface area (Å²) in [5.74, 6) is -1.06. The first-order chi connectivity index (χ1) is 29.3. The molecule has 0 radical (unpaired) electrons. The van der Waals surface area contributed by atoms with Crippen LogP contribution in [0.5, 0.6) is 0 Å². The first-order valence-corrected chi connectivity index (χ1v) is 20.8. The van der Waals surface area contributed by atoms with Crippen molar-refractivity contribution in [2.45, 2.75) is 90.7 Å². The van der Waals surface area contributed by atoms with Gasteiger partial charge in [0.05, 0.1) is 31.0 Å². The number of alkyl carbamates (subject to hydrolysis) is 1. The number of hydrogen-bond donors (Lipinski definition) is 2. The zero-order valence-corrected chi connectivity index (χ0v) is 35.8. The molecule has 2 amide bonds. The van der Waals surface area contributed by atoms with Gasteiger partial charge in [-0.3, -0.25) is 9.78 Å². The quantitative estimate of drug-likeness (QED) is 0.0728. The van der Waals surface area contributed by atoms with Crippen LogP contribution in [-0.4, -0.2) is 82.6 Å². The molecule has 0 aliphatic carbocycles. The van der Waals surface area contributed by atoms with Crippen LogP contribution in [0.15, 0.2) is 91.1 Å². The molecule has 0 bridgehead atoms. The minimum absolute atomic E-state index is 0.0586. The van der Waals surface area contributed by atoms with Gasteiger partial charge in [0.2, 0.25) is 0 Å². The Kier molecular flexibility index (Phi) is 14.5. The van der Waals surface area contributed by atoms with Crippen molar-refractivity contribution < 1.29 is 43.2 Å². The van der Waals surface area contributed by atoms with Gasteiger partial charge >= 0.3 is 24.1 Å². The molecule has 1 aliphatic rings. The second-order valence-corrected chi connectivity index (χ2v) is 16.2. The van der Waals surface area contributed by atoms with Crippen LogP contribution in [0, 0.1) is 5.92 Å². The SMILES string of the molecule is CCn1c(-c2cccnc2[C@H](C)OC)c(CC(C)(C)OC(=O)CC2CCCN(C(=O)O)C2)c2cc(-c3cccc(CC(NC(=O)OCc4ccccc4)C(=O)OC)c3)ccc21. The fraction of sp³-hybridized carbons (Fsp3) is 0.396. The Balaban J connectivity index is 1.33. The number of carbonyl (C=O) groups is 4. The largest absolute Gasteiger partial charge is 0.467 e. The average Bonchev–Trinajstić information content (AvgIpc) is 3.56.